The summed E-state index contributed by atoms with van der Waals surface area (Å²) in [6.07, 6.45) is 1.15. The highest BCUT2D eigenvalue weighted by molar-refractivity contribution is 5.95. The van der Waals surface area contributed by atoms with E-state index in [1.54, 1.807) is 26.0 Å². The van der Waals surface area contributed by atoms with Gasteiger partial charge in [-0.3, -0.25) is 9.59 Å². The second kappa shape index (κ2) is 6.93. The van der Waals surface area contributed by atoms with E-state index < -0.39 is 11.4 Å². The zero-order valence-electron chi connectivity index (χ0n) is 12.3. The van der Waals surface area contributed by atoms with E-state index in [4.69, 9.17) is 5.73 Å². The van der Waals surface area contributed by atoms with Crippen molar-refractivity contribution in [1.29, 1.82) is 0 Å². The van der Waals surface area contributed by atoms with Gasteiger partial charge in [0.05, 0.1) is 0 Å². The molecule has 110 valence electrons. The number of rotatable bonds is 7. The van der Waals surface area contributed by atoms with Crippen molar-refractivity contribution in [1.82, 2.24) is 5.32 Å². The van der Waals surface area contributed by atoms with Crippen molar-refractivity contribution in [2.75, 3.05) is 11.9 Å². The molecule has 0 aromatic heterocycles. The first kappa shape index (κ1) is 16.0. The molecule has 0 saturated heterocycles. The smallest absolute Gasteiger partial charge is 0.251 e. The van der Waals surface area contributed by atoms with Crippen LogP contribution in [0.5, 0.6) is 0 Å². The van der Waals surface area contributed by atoms with Crippen LogP contribution in [0.3, 0.4) is 0 Å². The van der Waals surface area contributed by atoms with Gasteiger partial charge in [-0.25, -0.2) is 0 Å². The van der Waals surface area contributed by atoms with Gasteiger partial charge in [0.25, 0.3) is 5.91 Å². The average Bonchev–Trinajstić information content (AvgIpc) is 2.34. The number of carbonyl (C=O) groups excluding carboxylic acids is 2. The van der Waals surface area contributed by atoms with Crippen molar-refractivity contribution < 1.29 is 9.59 Å². The lowest BCUT2D eigenvalue weighted by atomic mass is 9.99. The first-order valence-corrected chi connectivity index (χ1v) is 6.79. The highest BCUT2D eigenvalue weighted by Crippen LogP contribution is 2.12. The number of nitrogens with two attached hydrogens (primary N) is 1. The standard InChI is InChI=1S/C15H23N3O2/c1-4-9-17-12-7-5-11(6-8-12)14(20)18-15(2,3)10-13(16)19/h5-8,17H,4,9-10H2,1-3H3,(H2,16,19)(H,18,20). The molecule has 0 aliphatic heterocycles. The normalized spacial score (nSPS) is 10.9. The summed E-state index contributed by atoms with van der Waals surface area (Å²) in [7, 11) is 0. The van der Waals surface area contributed by atoms with Crippen LogP contribution in [-0.2, 0) is 4.79 Å². The SMILES string of the molecule is CCCNc1ccc(C(=O)NC(C)(C)CC(N)=O)cc1. The molecule has 0 atom stereocenters. The molecule has 2 amide bonds. The van der Waals surface area contributed by atoms with E-state index in [1.807, 2.05) is 12.1 Å². The molecular weight excluding hydrogens is 254 g/mol. The van der Waals surface area contributed by atoms with Crippen LogP contribution in [0.1, 0.15) is 44.0 Å². The summed E-state index contributed by atoms with van der Waals surface area (Å²) in [5, 5.41) is 6.05. The van der Waals surface area contributed by atoms with Crippen LogP contribution >= 0.6 is 0 Å². The highest BCUT2D eigenvalue weighted by atomic mass is 16.2. The fourth-order valence-electron chi connectivity index (χ4n) is 1.87. The summed E-state index contributed by atoms with van der Waals surface area (Å²) in [5.74, 6) is -0.646. The van der Waals surface area contributed by atoms with E-state index in [1.165, 1.54) is 0 Å². The second-order valence-corrected chi connectivity index (χ2v) is 5.49. The van der Waals surface area contributed by atoms with Crippen LogP contribution in [0, 0.1) is 0 Å². The molecule has 0 spiro atoms. The second-order valence-electron chi connectivity index (χ2n) is 5.49. The van der Waals surface area contributed by atoms with E-state index in [-0.39, 0.29) is 12.3 Å². The van der Waals surface area contributed by atoms with Crippen molar-refractivity contribution in [2.45, 2.75) is 39.2 Å². The van der Waals surface area contributed by atoms with Crippen LogP contribution < -0.4 is 16.4 Å². The summed E-state index contributed by atoms with van der Waals surface area (Å²) in [4.78, 5) is 23.0. The lowest BCUT2D eigenvalue weighted by molar-refractivity contribution is -0.119. The Labute approximate surface area is 119 Å². The molecule has 0 bridgehead atoms. The predicted octanol–water partition coefficient (Wildman–Crippen LogP) is 1.89. The van der Waals surface area contributed by atoms with Gasteiger partial charge >= 0.3 is 0 Å². The third kappa shape index (κ3) is 5.30. The largest absolute Gasteiger partial charge is 0.385 e. The summed E-state index contributed by atoms with van der Waals surface area (Å²) in [6, 6.07) is 7.25. The van der Waals surface area contributed by atoms with Gasteiger partial charge < -0.3 is 16.4 Å². The molecule has 0 heterocycles. The van der Waals surface area contributed by atoms with Crippen molar-refractivity contribution in [3.05, 3.63) is 29.8 Å². The number of amides is 2. The minimum Gasteiger partial charge on any atom is -0.385 e. The molecule has 1 rings (SSSR count). The predicted molar refractivity (Wildman–Crippen MR) is 80.6 cm³/mol. The number of anilines is 1. The Morgan fingerprint density at radius 2 is 1.80 bits per heavy atom. The quantitative estimate of drug-likeness (QED) is 0.711. The summed E-state index contributed by atoms with van der Waals surface area (Å²) in [5.41, 5.74) is 6.06. The Bertz CT molecular complexity index is 467. The fraction of sp³-hybridized carbons (Fsp3) is 0.467. The van der Waals surface area contributed by atoms with E-state index in [2.05, 4.69) is 17.6 Å². The Morgan fingerprint density at radius 1 is 1.20 bits per heavy atom. The summed E-state index contributed by atoms with van der Waals surface area (Å²) in [6.45, 7) is 6.53. The van der Waals surface area contributed by atoms with Gasteiger partial charge in [-0.15, -0.1) is 0 Å². The molecule has 5 heteroatoms. The molecule has 0 radical (unpaired) electrons. The van der Waals surface area contributed by atoms with E-state index in [0.717, 1.165) is 18.7 Å². The van der Waals surface area contributed by atoms with E-state index >= 15 is 0 Å². The zero-order valence-corrected chi connectivity index (χ0v) is 12.3. The highest BCUT2D eigenvalue weighted by Gasteiger charge is 2.23. The Balaban J connectivity index is 2.65. The molecule has 1 aromatic carbocycles. The average molecular weight is 277 g/mol. The van der Waals surface area contributed by atoms with Crippen LogP contribution in [0.4, 0.5) is 5.69 Å². The summed E-state index contributed by atoms with van der Waals surface area (Å²) < 4.78 is 0. The van der Waals surface area contributed by atoms with Crippen LogP contribution in [0.2, 0.25) is 0 Å². The third-order valence-electron chi connectivity index (χ3n) is 2.79. The van der Waals surface area contributed by atoms with Crippen LogP contribution in [-0.4, -0.2) is 23.9 Å². The summed E-state index contributed by atoms with van der Waals surface area (Å²) >= 11 is 0. The van der Waals surface area contributed by atoms with Crippen molar-refractivity contribution in [2.24, 2.45) is 5.73 Å². The first-order valence-electron chi connectivity index (χ1n) is 6.79. The van der Waals surface area contributed by atoms with Gasteiger partial charge in [-0.05, 0) is 44.5 Å². The van der Waals surface area contributed by atoms with Gasteiger partial charge in [0, 0.05) is 29.8 Å². The number of hydrogen-bond acceptors (Lipinski definition) is 3. The van der Waals surface area contributed by atoms with Gasteiger partial charge in [-0.2, -0.15) is 0 Å². The van der Waals surface area contributed by atoms with Crippen LogP contribution in [0.25, 0.3) is 0 Å². The van der Waals surface area contributed by atoms with Gasteiger partial charge in [0.2, 0.25) is 5.91 Å². The molecule has 1 aromatic rings. The fourth-order valence-corrected chi connectivity index (χ4v) is 1.87. The Kier molecular flexibility index (Phi) is 5.55. The molecule has 4 N–H and O–H groups in total. The van der Waals surface area contributed by atoms with Crippen molar-refractivity contribution in [3.8, 4) is 0 Å². The lowest BCUT2D eigenvalue weighted by Gasteiger charge is -2.24. The topological polar surface area (TPSA) is 84.2 Å². The monoisotopic (exact) mass is 277 g/mol. The number of carbonyl (C=O) groups is 2. The molecule has 0 fully saturated rings. The maximum absolute atomic E-state index is 12.1. The minimum atomic E-state index is -0.651. The van der Waals surface area contributed by atoms with Gasteiger partial charge in [-0.1, -0.05) is 6.92 Å². The number of benzene rings is 1. The molecule has 20 heavy (non-hydrogen) atoms. The van der Waals surface area contributed by atoms with E-state index in [9.17, 15) is 9.59 Å². The van der Waals surface area contributed by atoms with Crippen LogP contribution in [0.15, 0.2) is 24.3 Å². The third-order valence-corrected chi connectivity index (χ3v) is 2.79. The van der Waals surface area contributed by atoms with Crippen molar-refractivity contribution >= 4 is 17.5 Å². The maximum Gasteiger partial charge on any atom is 0.251 e. The number of primary amides is 1. The first-order chi connectivity index (χ1) is 9.34. The maximum atomic E-state index is 12.1. The molecule has 5 nitrogen and oxygen atoms in total. The molecule has 0 saturated carbocycles. The molecule has 0 aliphatic carbocycles. The van der Waals surface area contributed by atoms with Gasteiger partial charge in [0.15, 0.2) is 0 Å². The van der Waals surface area contributed by atoms with E-state index in [0.29, 0.717) is 5.56 Å². The molecule has 0 unspecified atom stereocenters. The Morgan fingerprint density at radius 3 is 2.30 bits per heavy atom. The minimum absolute atomic E-state index is 0.106. The number of nitrogens with one attached hydrogen (secondary N) is 2. The van der Waals surface area contributed by atoms with Gasteiger partial charge in [0.1, 0.15) is 0 Å². The molecule has 0 aliphatic rings. The lowest BCUT2D eigenvalue weighted by Crippen LogP contribution is -2.46. The van der Waals surface area contributed by atoms with Crippen molar-refractivity contribution in [3.63, 3.8) is 0 Å². The Hall–Kier alpha value is -2.04. The zero-order chi connectivity index (χ0) is 15.2. The molecular formula is C15H23N3O2. The number of hydrogen-bond donors (Lipinski definition) is 3.